The first-order valence-corrected chi connectivity index (χ1v) is 10.5. The van der Waals surface area contributed by atoms with E-state index in [2.05, 4.69) is 0 Å². The van der Waals surface area contributed by atoms with Gasteiger partial charge in [-0.25, -0.2) is 9.59 Å². The topological polar surface area (TPSA) is 74.6 Å². The zero-order valence-electron chi connectivity index (χ0n) is 14.5. The first kappa shape index (κ1) is 18.4. The van der Waals surface area contributed by atoms with Gasteiger partial charge in [0, 0.05) is 9.79 Å². The molecule has 4 rings (SSSR count). The van der Waals surface area contributed by atoms with Gasteiger partial charge < -0.3 is 10.2 Å². The molecule has 0 aliphatic heterocycles. The Labute approximate surface area is 168 Å². The maximum atomic E-state index is 11.6. The van der Waals surface area contributed by atoms with E-state index in [1.807, 2.05) is 48.5 Å². The minimum Gasteiger partial charge on any atom is -0.478 e. The highest BCUT2D eigenvalue weighted by atomic mass is 33.1. The number of carbonyl (C=O) groups is 2. The lowest BCUT2D eigenvalue weighted by Gasteiger charge is -2.09. The fraction of sp³-hybridized carbons (Fsp3) is 0. The quantitative estimate of drug-likeness (QED) is 0.385. The number of rotatable bonds is 5. The summed E-state index contributed by atoms with van der Waals surface area (Å²) in [5.74, 6) is -1.94. The number of carboxylic acids is 2. The summed E-state index contributed by atoms with van der Waals surface area (Å²) < 4.78 is 0. The van der Waals surface area contributed by atoms with Gasteiger partial charge in [0.25, 0.3) is 0 Å². The van der Waals surface area contributed by atoms with Gasteiger partial charge >= 0.3 is 11.9 Å². The standard InChI is InChI=1S/C22H14O4S2/c23-21(24)19-11-15(9-13-5-1-3-7-17(13)19)27-28-16-10-14-6-2-4-8-18(14)20(12-16)22(25)26/h1-12H,(H,23,24)(H,25,26). The highest BCUT2D eigenvalue weighted by Crippen LogP contribution is 2.41. The highest BCUT2D eigenvalue weighted by Gasteiger charge is 2.13. The number of hydrogen-bond acceptors (Lipinski definition) is 4. The van der Waals surface area contributed by atoms with Crippen LogP contribution in [-0.2, 0) is 0 Å². The van der Waals surface area contributed by atoms with Gasteiger partial charge in [-0.3, -0.25) is 0 Å². The molecule has 0 aromatic heterocycles. The molecule has 138 valence electrons. The van der Waals surface area contributed by atoms with Gasteiger partial charge in [-0.2, -0.15) is 0 Å². The van der Waals surface area contributed by atoms with Crippen molar-refractivity contribution in [1.29, 1.82) is 0 Å². The van der Waals surface area contributed by atoms with Crippen molar-refractivity contribution < 1.29 is 19.8 Å². The van der Waals surface area contributed by atoms with E-state index in [0.717, 1.165) is 20.6 Å². The summed E-state index contributed by atoms with van der Waals surface area (Å²) in [5.41, 5.74) is 0.511. The van der Waals surface area contributed by atoms with Crippen LogP contribution in [0, 0.1) is 0 Å². The summed E-state index contributed by atoms with van der Waals surface area (Å²) in [6, 6.07) is 21.9. The Balaban J connectivity index is 1.70. The molecule has 0 spiro atoms. The first-order valence-electron chi connectivity index (χ1n) is 8.39. The summed E-state index contributed by atoms with van der Waals surface area (Å²) in [4.78, 5) is 24.8. The molecule has 4 aromatic rings. The van der Waals surface area contributed by atoms with Crippen LogP contribution in [0.3, 0.4) is 0 Å². The van der Waals surface area contributed by atoms with Gasteiger partial charge in [0.1, 0.15) is 0 Å². The first-order chi connectivity index (χ1) is 13.5. The molecule has 0 aliphatic rings. The predicted molar refractivity (Wildman–Crippen MR) is 114 cm³/mol. The zero-order chi connectivity index (χ0) is 19.7. The third-order valence-corrected chi connectivity index (χ3v) is 6.71. The molecule has 0 unspecified atom stereocenters. The van der Waals surface area contributed by atoms with Crippen LogP contribution in [0.4, 0.5) is 0 Å². The lowest BCUT2D eigenvalue weighted by atomic mass is 10.0. The Bertz CT molecular complexity index is 1140. The summed E-state index contributed by atoms with van der Waals surface area (Å²) in [7, 11) is 2.82. The number of aromatic carboxylic acids is 2. The molecule has 0 saturated heterocycles. The molecule has 2 N–H and O–H groups in total. The van der Waals surface area contributed by atoms with E-state index in [1.165, 1.54) is 21.6 Å². The van der Waals surface area contributed by atoms with E-state index in [0.29, 0.717) is 10.8 Å². The molecule has 4 aromatic carbocycles. The molecule has 0 fully saturated rings. The molecular weight excluding hydrogens is 392 g/mol. The van der Waals surface area contributed by atoms with Gasteiger partial charge in [0.15, 0.2) is 0 Å². The van der Waals surface area contributed by atoms with Crippen molar-refractivity contribution in [2.45, 2.75) is 9.79 Å². The number of fused-ring (bicyclic) bond motifs is 2. The van der Waals surface area contributed by atoms with Crippen molar-refractivity contribution >= 4 is 55.1 Å². The molecule has 4 nitrogen and oxygen atoms in total. The van der Waals surface area contributed by atoms with Gasteiger partial charge in [-0.1, -0.05) is 70.1 Å². The second-order valence-electron chi connectivity index (χ2n) is 6.16. The van der Waals surface area contributed by atoms with Crippen molar-refractivity contribution in [3.8, 4) is 0 Å². The largest absolute Gasteiger partial charge is 0.478 e. The summed E-state index contributed by atoms with van der Waals surface area (Å²) in [5, 5.41) is 22.2. The van der Waals surface area contributed by atoms with Gasteiger partial charge in [0.2, 0.25) is 0 Å². The van der Waals surface area contributed by atoms with Crippen LogP contribution >= 0.6 is 21.6 Å². The van der Waals surface area contributed by atoms with Gasteiger partial charge in [0.05, 0.1) is 11.1 Å². The van der Waals surface area contributed by atoms with Crippen LogP contribution in [0.1, 0.15) is 20.7 Å². The zero-order valence-corrected chi connectivity index (χ0v) is 16.1. The van der Waals surface area contributed by atoms with E-state index in [9.17, 15) is 19.8 Å². The highest BCUT2D eigenvalue weighted by molar-refractivity contribution is 8.76. The van der Waals surface area contributed by atoms with Crippen LogP contribution < -0.4 is 0 Å². The Morgan fingerprint density at radius 1 is 0.607 bits per heavy atom. The summed E-state index contributed by atoms with van der Waals surface area (Å²) in [6.45, 7) is 0. The number of carboxylic acid groups (broad SMARTS) is 2. The Morgan fingerprint density at radius 2 is 1.00 bits per heavy atom. The molecule has 28 heavy (non-hydrogen) atoms. The van der Waals surface area contributed by atoms with Crippen LogP contribution in [0.15, 0.2) is 82.6 Å². The Morgan fingerprint density at radius 3 is 1.39 bits per heavy atom. The maximum Gasteiger partial charge on any atom is 0.336 e. The normalized spacial score (nSPS) is 11.0. The van der Waals surface area contributed by atoms with E-state index < -0.39 is 11.9 Å². The van der Waals surface area contributed by atoms with Crippen molar-refractivity contribution in [3.63, 3.8) is 0 Å². The molecule has 0 aliphatic carbocycles. The fourth-order valence-corrected chi connectivity index (χ4v) is 5.14. The van der Waals surface area contributed by atoms with Crippen molar-refractivity contribution in [2.24, 2.45) is 0 Å². The second-order valence-corrected chi connectivity index (χ2v) is 8.44. The third kappa shape index (κ3) is 3.56. The van der Waals surface area contributed by atoms with Crippen LogP contribution in [0.5, 0.6) is 0 Å². The Hall–Kier alpha value is -2.96. The number of hydrogen-bond donors (Lipinski definition) is 2. The minimum absolute atomic E-state index is 0.255. The number of benzene rings is 4. The monoisotopic (exact) mass is 406 g/mol. The molecule has 0 saturated carbocycles. The lowest BCUT2D eigenvalue weighted by molar-refractivity contribution is 0.0688. The van der Waals surface area contributed by atoms with E-state index in [1.54, 1.807) is 24.3 Å². The van der Waals surface area contributed by atoms with Crippen molar-refractivity contribution in [3.05, 3.63) is 83.9 Å². The van der Waals surface area contributed by atoms with Crippen molar-refractivity contribution in [2.75, 3.05) is 0 Å². The summed E-state index contributed by atoms with van der Waals surface area (Å²) >= 11 is 0. The van der Waals surface area contributed by atoms with E-state index in [4.69, 9.17) is 0 Å². The van der Waals surface area contributed by atoms with E-state index >= 15 is 0 Å². The SMILES string of the molecule is O=C(O)c1cc(SSc2cc(C(=O)O)c3ccccc3c2)cc2ccccc12. The average Bonchev–Trinajstić information content (AvgIpc) is 2.70. The molecular formula is C22H14O4S2. The van der Waals surface area contributed by atoms with Gasteiger partial charge in [-0.05, 0) is 45.8 Å². The molecule has 6 heteroatoms. The van der Waals surface area contributed by atoms with Crippen molar-refractivity contribution in [1.82, 2.24) is 0 Å². The second kappa shape index (κ2) is 7.58. The lowest BCUT2D eigenvalue weighted by Crippen LogP contribution is -1.98. The smallest absolute Gasteiger partial charge is 0.336 e. The average molecular weight is 406 g/mol. The van der Waals surface area contributed by atoms with Crippen LogP contribution in [-0.4, -0.2) is 22.2 Å². The molecule has 0 amide bonds. The minimum atomic E-state index is -0.970. The predicted octanol–water partition coefficient (Wildman–Crippen LogP) is 6.19. The third-order valence-electron chi connectivity index (χ3n) is 4.37. The van der Waals surface area contributed by atoms with Crippen LogP contribution in [0.2, 0.25) is 0 Å². The molecule has 0 bridgehead atoms. The molecule has 0 heterocycles. The maximum absolute atomic E-state index is 11.6. The molecule has 0 radical (unpaired) electrons. The van der Waals surface area contributed by atoms with E-state index in [-0.39, 0.29) is 11.1 Å². The molecule has 0 atom stereocenters. The Kier molecular flexibility index (Phi) is 4.98. The fourth-order valence-electron chi connectivity index (χ4n) is 3.11. The van der Waals surface area contributed by atoms with Gasteiger partial charge in [-0.15, -0.1) is 0 Å². The van der Waals surface area contributed by atoms with Crippen LogP contribution in [0.25, 0.3) is 21.5 Å². The summed E-state index contributed by atoms with van der Waals surface area (Å²) in [6.07, 6.45) is 0.